The minimum atomic E-state index is 0.323. The topological polar surface area (TPSA) is 32.3 Å². The van der Waals surface area contributed by atoms with Crippen LogP contribution in [0, 0.1) is 11.8 Å². The van der Waals surface area contributed by atoms with Crippen LogP contribution in [0.1, 0.15) is 40.0 Å². The molecule has 0 aromatic rings. The maximum absolute atomic E-state index is 8.79. The zero-order valence-corrected chi connectivity index (χ0v) is 9.34. The van der Waals surface area contributed by atoms with Gasteiger partial charge in [0.15, 0.2) is 0 Å². The lowest BCUT2D eigenvalue weighted by Crippen LogP contribution is -2.27. The lowest BCUT2D eigenvalue weighted by Gasteiger charge is -2.16. The Bertz CT molecular complexity index is 106. The molecule has 0 aliphatic heterocycles. The minimum Gasteiger partial charge on any atom is -0.396 e. The molecular formula is C11H25NO. The SMILES string of the molecule is CCC(C)CNCC(CC)CCO. The highest BCUT2D eigenvalue weighted by atomic mass is 16.3. The molecule has 0 fully saturated rings. The first-order valence-electron chi connectivity index (χ1n) is 5.56. The quantitative estimate of drug-likeness (QED) is 0.609. The number of aliphatic hydroxyl groups is 1. The van der Waals surface area contributed by atoms with Gasteiger partial charge in [-0.25, -0.2) is 0 Å². The van der Waals surface area contributed by atoms with E-state index in [-0.39, 0.29) is 0 Å². The molecule has 80 valence electrons. The van der Waals surface area contributed by atoms with Crippen molar-refractivity contribution in [3.05, 3.63) is 0 Å². The summed E-state index contributed by atoms with van der Waals surface area (Å²) in [6.07, 6.45) is 3.34. The molecule has 0 saturated heterocycles. The van der Waals surface area contributed by atoms with Gasteiger partial charge in [0.2, 0.25) is 0 Å². The summed E-state index contributed by atoms with van der Waals surface area (Å²) in [7, 11) is 0. The zero-order valence-electron chi connectivity index (χ0n) is 9.34. The van der Waals surface area contributed by atoms with Gasteiger partial charge < -0.3 is 10.4 Å². The van der Waals surface area contributed by atoms with Crippen LogP contribution >= 0.6 is 0 Å². The van der Waals surface area contributed by atoms with Crippen LogP contribution in [0.25, 0.3) is 0 Å². The first-order chi connectivity index (χ1) is 6.24. The normalized spacial score (nSPS) is 15.7. The van der Waals surface area contributed by atoms with Gasteiger partial charge in [0, 0.05) is 6.61 Å². The molecule has 0 heterocycles. The lowest BCUT2D eigenvalue weighted by molar-refractivity contribution is 0.250. The van der Waals surface area contributed by atoms with Crippen molar-refractivity contribution in [1.82, 2.24) is 5.32 Å². The molecule has 0 aromatic heterocycles. The summed E-state index contributed by atoms with van der Waals surface area (Å²) in [5, 5.41) is 12.3. The van der Waals surface area contributed by atoms with E-state index in [2.05, 4.69) is 26.1 Å². The van der Waals surface area contributed by atoms with E-state index in [0.29, 0.717) is 12.5 Å². The second kappa shape index (κ2) is 8.52. The third-order valence-electron chi connectivity index (χ3n) is 2.74. The molecule has 2 heteroatoms. The van der Waals surface area contributed by atoms with Gasteiger partial charge in [0.05, 0.1) is 0 Å². The predicted molar refractivity (Wildman–Crippen MR) is 57.8 cm³/mol. The van der Waals surface area contributed by atoms with E-state index in [0.717, 1.165) is 31.8 Å². The van der Waals surface area contributed by atoms with E-state index in [9.17, 15) is 0 Å². The maximum atomic E-state index is 8.79. The predicted octanol–water partition coefficient (Wildman–Crippen LogP) is 2.03. The Morgan fingerprint density at radius 1 is 1.15 bits per heavy atom. The summed E-state index contributed by atoms with van der Waals surface area (Å²) in [5.74, 6) is 1.42. The molecule has 0 bridgehead atoms. The molecule has 0 amide bonds. The Hall–Kier alpha value is -0.0800. The fourth-order valence-corrected chi connectivity index (χ4v) is 1.31. The van der Waals surface area contributed by atoms with Gasteiger partial charge in [-0.3, -0.25) is 0 Å². The molecule has 0 aromatic carbocycles. The Morgan fingerprint density at radius 2 is 1.85 bits per heavy atom. The van der Waals surface area contributed by atoms with Crippen molar-refractivity contribution in [1.29, 1.82) is 0 Å². The summed E-state index contributed by atoms with van der Waals surface area (Å²) in [6.45, 7) is 9.16. The largest absolute Gasteiger partial charge is 0.396 e. The first kappa shape index (κ1) is 12.9. The maximum Gasteiger partial charge on any atom is 0.0434 e. The molecular weight excluding hydrogens is 162 g/mol. The number of nitrogens with one attached hydrogen (secondary N) is 1. The number of hydrogen-bond donors (Lipinski definition) is 2. The molecule has 2 unspecified atom stereocenters. The van der Waals surface area contributed by atoms with Gasteiger partial charge in [-0.05, 0) is 31.3 Å². The van der Waals surface area contributed by atoms with Crippen LogP contribution in [0.2, 0.25) is 0 Å². The van der Waals surface area contributed by atoms with Gasteiger partial charge in [0.25, 0.3) is 0 Å². The van der Waals surface area contributed by atoms with Crippen LogP contribution in [-0.2, 0) is 0 Å². The van der Waals surface area contributed by atoms with Crippen LogP contribution in [0.15, 0.2) is 0 Å². The Labute approximate surface area is 82.7 Å². The minimum absolute atomic E-state index is 0.323. The summed E-state index contributed by atoms with van der Waals surface area (Å²) in [6, 6.07) is 0. The van der Waals surface area contributed by atoms with E-state index >= 15 is 0 Å². The third kappa shape index (κ3) is 7.03. The third-order valence-corrected chi connectivity index (χ3v) is 2.74. The highest BCUT2D eigenvalue weighted by molar-refractivity contribution is 4.62. The summed E-state index contributed by atoms with van der Waals surface area (Å²) < 4.78 is 0. The van der Waals surface area contributed by atoms with Crippen molar-refractivity contribution in [2.24, 2.45) is 11.8 Å². The summed E-state index contributed by atoms with van der Waals surface area (Å²) in [5.41, 5.74) is 0. The highest BCUT2D eigenvalue weighted by Gasteiger charge is 2.05. The van der Waals surface area contributed by atoms with Crippen molar-refractivity contribution >= 4 is 0 Å². The van der Waals surface area contributed by atoms with Crippen LogP contribution in [0.5, 0.6) is 0 Å². The van der Waals surface area contributed by atoms with Crippen molar-refractivity contribution in [3.8, 4) is 0 Å². The molecule has 0 aliphatic rings. The van der Waals surface area contributed by atoms with E-state index in [1.54, 1.807) is 0 Å². The van der Waals surface area contributed by atoms with Crippen molar-refractivity contribution in [2.45, 2.75) is 40.0 Å². The zero-order chi connectivity index (χ0) is 10.1. The molecule has 0 saturated carbocycles. The molecule has 13 heavy (non-hydrogen) atoms. The second-order valence-electron chi connectivity index (χ2n) is 3.96. The Kier molecular flexibility index (Phi) is 8.46. The highest BCUT2D eigenvalue weighted by Crippen LogP contribution is 2.06. The van der Waals surface area contributed by atoms with Gasteiger partial charge >= 0.3 is 0 Å². The smallest absolute Gasteiger partial charge is 0.0434 e. The van der Waals surface area contributed by atoms with Crippen molar-refractivity contribution < 1.29 is 5.11 Å². The fraction of sp³-hybridized carbons (Fsp3) is 1.00. The van der Waals surface area contributed by atoms with Gasteiger partial charge in [0.1, 0.15) is 0 Å². The molecule has 2 nitrogen and oxygen atoms in total. The van der Waals surface area contributed by atoms with Gasteiger partial charge in [-0.15, -0.1) is 0 Å². The second-order valence-corrected chi connectivity index (χ2v) is 3.96. The molecule has 2 N–H and O–H groups in total. The van der Waals surface area contributed by atoms with Crippen LogP contribution in [0.4, 0.5) is 0 Å². The lowest BCUT2D eigenvalue weighted by atomic mass is 10.0. The fourth-order valence-electron chi connectivity index (χ4n) is 1.31. The molecule has 0 spiro atoms. The van der Waals surface area contributed by atoms with Crippen LogP contribution in [-0.4, -0.2) is 24.8 Å². The summed E-state index contributed by atoms with van der Waals surface area (Å²) in [4.78, 5) is 0. The molecule has 0 rings (SSSR count). The van der Waals surface area contributed by atoms with E-state index in [4.69, 9.17) is 5.11 Å². The van der Waals surface area contributed by atoms with Crippen LogP contribution in [0.3, 0.4) is 0 Å². The molecule has 0 aliphatic carbocycles. The molecule has 2 atom stereocenters. The van der Waals surface area contributed by atoms with Gasteiger partial charge in [-0.1, -0.05) is 33.6 Å². The monoisotopic (exact) mass is 187 g/mol. The van der Waals surface area contributed by atoms with Crippen molar-refractivity contribution in [3.63, 3.8) is 0 Å². The standard InChI is InChI=1S/C11H25NO/c1-4-10(3)8-12-9-11(5-2)6-7-13/h10-13H,4-9H2,1-3H3. The van der Waals surface area contributed by atoms with E-state index in [1.807, 2.05) is 0 Å². The van der Waals surface area contributed by atoms with Crippen LogP contribution < -0.4 is 5.32 Å². The average Bonchev–Trinajstić information content (AvgIpc) is 2.16. The first-order valence-corrected chi connectivity index (χ1v) is 5.56. The average molecular weight is 187 g/mol. The number of aliphatic hydroxyl groups excluding tert-OH is 1. The van der Waals surface area contributed by atoms with E-state index in [1.165, 1.54) is 6.42 Å². The number of rotatable bonds is 8. The summed E-state index contributed by atoms with van der Waals surface area (Å²) >= 11 is 0. The van der Waals surface area contributed by atoms with E-state index < -0.39 is 0 Å². The van der Waals surface area contributed by atoms with Gasteiger partial charge in [-0.2, -0.15) is 0 Å². The molecule has 0 radical (unpaired) electrons. The number of hydrogen-bond acceptors (Lipinski definition) is 2. The Balaban J connectivity index is 3.37. The van der Waals surface area contributed by atoms with Crippen molar-refractivity contribution in [2.75, 3.05) is 19.7 Å². The Morgan fingerprint density at radius 3 is 2.31 bits per heavy atom.